The second kappa shape index (κ2) is 43.6. The number of carboxylic acids is 1. The highest BCUT2D eigenvalue weighted by Gasteiger charge is 2.78. The van der Waals surface area contributed by atoms with Gasteiger partial charge < -0.3 is 115 Å². The molecule has 6 aromatic carbocycles. The van der Waals surface area contributed by atoms with E-state index in [2.05, 4.69) is 74.1 Å². The number of para-hydroxylation sites is 3. The van der Waals surface area contributed by atoms with E-state index in [0.29, 0.717) is 99.0 Å². The number of phenols is 1. The molecular weight excluding hydrogens is 1820 g/mol. The molecule has 3 aromatic heterocycles. The summed E-state index contributed by atoms with van der Waals surface area (Å²) < 4.78 is 12.2. The number of nitrogens with zero attached hydrogens (tertiary/aromatic N) is 3. The van der Waals surface area contributed by atoms with E-state index in [0.717, 1.165) is 102 Å². The molecule has 4 fully saturated rings. The van der Waals surface area contributed by atoms with Crippen LogP contribution in [-0.2, 0) is 100 Å². The van der Waals surface area contributed by atoms with Crippen LogP contribution in [0.4, 0.5) is 5.69 Å². The number of aliphatic hydroxyl groups excluding tert-OH is 1. The maximum atomic E-state index is 15.2. The average Bonchev–Trinajstić information content (AvgIpc) is 1.48. The predicted molar refractivity (Wildman–Crippen MR) is 531 cm³/mol. The molecule has 1 spiro atoms. The average molecular weight is 1950 g/mol. The largest absolute Gasteiger partial charge is 0.508 e. The van der Waals surface area contributed by atoms with Crippen molar-refractivity contribution in [1.29, 1.82) is 0 Å². The van der Waals surface area contributed by atoms with Gasteiger partial charge in [-0.15, -0.1) is 0 Å². The minimum Gasteiger partial charge on any atom is -0.508 e. The number of nitrogens with two attached hydrogens (primary N) is 4. The minimum absolute atomic E-state index is 0.00683. The van der Waals surface area contributed by atoms with Crippen LogP contribution in [0.5, 0.6) is 11.5 Å². The number of aliphatic carboxylic acids is 1. The number of rotatable bonds is 24. The number of anilines is 1. The first-order valence-electron chi connectivity index (χ1n) is 47.4. The van der Waals surface area contributed by atoms with E-state index in [1.54, 1.807) is 57.6 Å². The van der Waals surface area contributed by atoms with Crippen molar-refractivity contribution in [3.63, 3.8) is 0 Å². The molecule has 0 radical (unpaired) electrons. The molecule has 9 amide bonds. The summed E-state index contributed by atoms with van der Waals surface area (Å²) in [6.45, 7) is 12.2. The molecule has 6 aliphatic heterocycles. The third-order valence-electron chi connectivity index (χ3n) is 29.0. The number of unbranched alkanes of at least 4 members (excludes halogenated alkanes) is 1. The summed E-state index contributed by atoms with van der Waals surface area (Å²) in [4.78, 5) is 170. The molecular formula is C102H129N17O18S2. The number of ether oxygens (including phenoxy) is 2. The summed E-state index contributed by atoms with van der Waals surface area (Å²) in [7, 11) is 7.02. The van der Waals surface area contributed by atoms with Crippen LogP contribution < -0.4 is 69.8 Å². The van der Waals surface area contributed by atoms with Crippen LogP contribution in [0, 0.1) is 17.3 Å². The van der Waals surface area contributed by atoms with Gasteiger partial charge in [0.05, 0.1) is 31.9 Å². The quantitative estimate of drug-likeness (QED) is 0.0167. The third-order valence-corrected chi connectivity index (χ3v) is 31.4. The number of primary amides is 2. The molecule has 139 heavy (non-hydrogen) atoms. The Labute approximate surface area is 814 Å². The number of carboxylic acid groups (broad SMARTS) is 1. The van der Waals surface area contributed by atoms with Crippen molar-refractivity contribution in [3.8, 4) is 11.5 Å². The summed E-state index contributed by atoms with van der Waals surface area (Å²) in [6.07, 6.45) is 10.1. The number of carbonyl (C=O) groups excluding carboxylic acids is 10. The van der Waals surface area contributed by atoms with Crippen LogP contribution in [0.1, 0.15) is 131 Å². The normalized spacial score (nSPS) is 27.6. The molecule has 742 valence electrons. The number of aromatic amines is 3. The molecule has 2 bridgehead atoms. The van der Waals surface area contributed by atoms with E-state index in [4.69, 9.17) is 42.3 Å². The van der Waals surface area contributed by atoms with Gasteiger partial charge in [-0.3, -0.25) is 62.5 Å². The molecule has 18 atom stereocenters. The van der Waals surface area contributed by atoms with Crippen molar-refractivity contribution in [2.75, 3.05) is 76.9 Å². The predicted octanol–water partition coefficient (Wildman–Crippen LogP) is 4.83. The first-order chi connectivity index (χ1) is 66.5. The van der Waals surface area contributed by atoms with Crippen LogP contribution in [0.3, 0.4) is 0 Å². The number of phenolic OH excluding ortho intramolecular Hbond substituents is 1. The van der Waals surface area contributed by atoms with Gasteiger partial charge in [0, 0.05) is 156 Å². The van der Waals surface area contributed by atoms with Crippen molar-refractivity contribution in [1.82, 2.24) is 62.0 Å². The zero-order valence-electron chi connectivity index (χ0n) is 79.5. The number of H-pyrrole nitrogens is 3. The highest BCUT2D eigenvalue weighted by Crippen LogP contribution is 2.68. The van der Waals surface area contributed by atoms with E-state index in [-0.39, 0.29) is 67.9 Å². The van der Waals surface area contributed by atoms with Gasteiger partial charge in [-0.2, -0.15) is 0 Å². The van der Waals surface area contributed by atoms with E-state index in [1.807, 2.05) is 129 Å². The summed E-state index contributed by atoms with van der Waals surface area (Å²) in [5.41, 5.74) is 27.1. The van der Waals surface area contributed by atoms with Gasteiger partial charge in [-0.25, -0.2) is 0 Å². The topological polar surface area (TPSA) is 553 Å². The van der Waals surface area contributed by atoms with Crippen molar-refractivity contribution < 1.29 is 87.7 Å². The lowest BCUT2D eigenvalue weighted by Gasteiger charge is -2.63. The van der Waals surface area contributed by atoms with Gasteiger partial charge >= 0.3 is 5.97 Å². The Morgan fingerprint density at radius 2 is 1.29 bits per heavy atom. The number of esters is 1. The van der Waals surface area contributed by atoms with Crippen LogP contribution in [0.25, 0.3) is 32.7 Å². The summed E-state index contributed by atoms with van der Waals surface area (Å²) in [5, 5.41) is 76.7. The Morgan fingerprint density at radius 3 is 1.94 bits per heavy atom. The standard InChI is InChI=1S/C57H70N12O9S2.C43H55N5O7.C2H4O2/c1-32(2)49-57(78)68-48(55(76)64-44(50(60)71)26-35-28-61-41-16-8-6-14-38(35)41)31-80-79-30-47(67-51(72)40(59)24-33-12-4-3-5-13-33)56(77)65-45(25-34-19-21-37(70)22-20-34)53(74)66-46(27-36-29-62-42-17-9-7-15-39(36)42)54(75)63-43(52(73)69-49)18-10-11-23-58;1-6-39(52)21-25-22-42(38(51)55-5,33-27(13-17-47(23-25)24-39)26-11-8-9-12-30(26)45-33)29-19-28-31(20-32(29)54-4)46(3)35-41(28)15-18-48-16-10-14-40(7-2,34(41)48)36(49)43(35,53)37(44)50;1-2(3)4/h3-9,12-17,19-22,28-29,32,40,43-49,61-62,70H,10-11,18,23-27,30-31,58-59H2,1-2H3,(H2,60,71)(H,63,75)(H,64,76)(H,65,77)(H,66,74)(H,67,72)(H,68,78)(H,69,73);8-12,14,19-20,25,34-36,45,49,52-53H,6-7,13,15-18,21-24H2,1-5H3,(H2,44,50);1H3,(H,3,4)/t40-,43+,44+,45+,46-,47+,48+,49+;25-,34+,35-,36-,39+,40-,41-,42+,43+;/m11./s1. The van der Waals surface area contributed by atoms with E-state index < -0.39 is 159 Å². The molecule has 37 heteroatoms. The van der Waals surface area contributed by atoms with Gasteiger partial charge in [0.15, 0.2) is 5.60 Å². The fourth-order valence-corrected chi connectivity index (χ4v) is 24.7. The van der Waals surface area contributed by atoms with Gasteiger partial charge in [0.25, 0.3) is 11.9 Å². The van der Waals surface area contributed by atoms with Crippen molar-refractivity contribution >= 4 is 125 Å². The number of aromatic nitrogens is 3. The number of aliphatic hydroxyl groups is 3. The number of benzene rings is 6. The SMILES string of the molecule is CC(=O)O.CC(C)[C@@H]1NC(=O)[C@H](CCCCN)NC(=O)[C@@H](Cc2c[nH]c3ccccc23)NC(=O)[C@H](Cc2ccc(O)cc2)NC(=O)[C@@H](NC(=O)[C@H](N)Cc2ccccc2)CSSC[C@@H](C(=O)N[C@@H](Cc2c[nH]c3ccccc23)C(N)=O)NC1=O.CC[C@]1(O)C[C@H]2C[N@](CCc3c([nH]c4ccccc34)[C@@](C(=O)OC)(c3cc4c(cc3OC)N(C)[C@H]3[C@@](O)(C(N)=O)[C@H](O)[C@]5(CC)C=CCN6CC[C@]43[C@@H]65)C2)C1. The van der Waals surface area contributed by atoms with Crippen molar-refractivity contribution in [2.24, 2.45) is 40.2 Å². The number of amides is 9. The molecule has 23 N–H and O–H groups in total. The highest BCUT2D eigenvalue weighted by atomic mass is 33.1. The van der Waals surface area contributed by atoms with Crippen molar-refractivity contribution in [2.45, 2.75) is 207 Å². The summed E-state index contributed by atoms with van der Waals surface area (Å²) in [6, 6.07) is 30.5. The van der Waals surface area contributed by atoms with Gasteiger partial charge in [-0.1, -0.05) is 158 Å². The van der Waals surface area contributed by atoms with Crippen LogP contribution in [0.15, 0.2) is 164 Å². The number of hydrogen-bond acceptors (Lipinski definition) is 24. The molecule has 9 heterocycles. The van der Waals surface area contributed by atoms with Gasteiger partial charge in [0.2, 0.25) is 47.3 Å². The Balaban J connectivity index is 0.000000226. The maximum absolute atomic E-state index is 15.2. The molecule has 0 unspecified atom stereocenters. The van der Waals surface area contributed by atoms with Crippen LogP contribution in [-0.4, -0.2) is 265 Å². The first-order valence-corrected chi connectivity index (χ1v) is 49.9. The summed E-state index contributed by atoms with van der Waals surface area (Å²) in [5.74, 6) is -8.90. The fourth-order valence-electron chi connectivity index (χ4n) is 22.3. The number of fused-ring (bicyclic) bond motifs is 8. The van der Waals surface area contributed by atoms with Crippen LogP contribution >= 0.6 is 21.6 Å². The summed E-state index contributed by atoms with van der Waals surface area (Å²) >= 11 is 0. The molecule has 16 rings (SSSR count). The first kappa shape index (κ1) is 103. The maximum Gasteiger partial charge on any atom is 0.322 e. The molecule has 1 aliphatic carbocycles. The number of hydrogen-bond donors (Lipinski definition) is 19. The van der Waals surface area contributed by atoms with Crippen molar-refractivity contribution in [3.05, 3.63) is 209 Å². The number of aromatic hydroxyl groups is 1. The smallest absolute Gasteiger partial charge is 0.322 e. The van der Waals surface area contributed by atoms with E-state index in [9.17, 15) is 63.6 Å². The zero-order valence-corrected chi connectivity index (χ0v) is 81.1. The lowest BCUT2D eigenvalue weighted by molar-refractivity contribution is -0.201. The Bertz CT molecular complexity index is 6050. The third kappa shape index (κ3) is 21.1. The minimum atomic E-state index is -2.30. The molecule has 1 saturated carbocycles. The monoisotopic (exact) mass is 1940 g/mol. The molecule has 3 saturated heterocycles. The second-order valence-electron chi connectivity index (χ2n) is 38.2. The molecule has 35 nitrogen and oxygen atoms in total. The number of piperidine rings is 1. The highest BCUT2D eigenvalue weighted by molar-refractivity contribution is 8.76. The van der Waals surface area contributed by atoms with Crippen LogP contribution in [0.2, 0.25) is 0 Å². The number of nitrogens with one attached hydrogen (secondary N) is 10. The number of carbonyl (C=O) groups is 11. The lowest BCUT2D eigenvalue weighted by Crippen LogP contribution is -2.81. The Hall–Kier alpha value is -12.3. The zero-order chi connectivity index (χ0) is 99.7. The second-order valence-corrected chi connectivity index (χ2v) is 40.7. The number of likely N-dealkylation sites (N-methyl/N-ethyl adjacent to an activating group) is 1. The van der Waals surface area contributed by atoms with Gasteiger partial charge in [0.1, 0.15) is 65.3 Å². The molecule has 9 aromatic rings. The molecule has 7 aliphatic rings. The van der Waals surface area contributed by atoms with Gasteiger partial charge in [-0.05, 0) is 159 Å². The Morgan fingerprint density at radius 1 is 0.676 bits per heavy atom. The van der Waals surface area contributed by atoms with E-state index >= 15 is 4.79 Å². The Kier molecular flexibility index (Phi) is 32.2. The van der Waals surface area contributed by atoms with E-state index in [1.165, 1.54) is 19.2 Å². The lowest BCUT2D eigenvalue weighted by atomic mass is 9.47. The number of methoxy groups -OCH3 is 2. The fraction of sp³-hybridized carbons (Fsp3) is 0.461.